The van der Waals surface area contributed by atoms with Gasteiger partial charge in [0.15, 0.2) is 9.84 Å². The van der Waals surface area contributed by atoms with E-state index in [-0.39, 0.29) is 16.2 Å². The van der Waals surface area contributed by atoms with Crippen LogP contribution in [-0.4, -0.2) is 31.9 Å². The van der Waals surface area contributed by atoms with Crippen LogP contribution in [0.2, 0.25) is 0 Å². The van der Waals surface area contributed by atoms with E-state index in [0.717, 1.165) is 6.26 Å². The van der Waals surface area contributed by atoms with Crippen molar-refractivity contribution in [3.8, 4) is 5.75 Å². The van der Waals surface area contributed by atoms with Crippen molar-refractivity contribution in [1.82, 2.24) is 5.43 Å². The molecule has 0 radical (unpaired) electrons. The minimum absolute atomic E-state index is 0.0537. The maximum Gasteiger partial charge on any atom is 0.271 e. The molecule has 0 spiro atoms. The number of phenols is 1. The Morgan fingerprint density at radius 3 is 2.36 bits per heavy atom. The first-order valence-electron chi connectivity index (χ1n) is 6.29. The molecule has 2 N–H and O–H groups in total. The summed E-state index contributed by atoms with van der Waals surface area (Å²) in [6.45, 7) is 0. The number of para-hydroxylation sites is 1. The summed E-state index contributed by atoms with van der Waals surface area (Å²) < 4.78 is 22.7. The van der Waals surface area contributed by atoms with Gasteiger partial charge >= 0.3 is 0 Å². The lowest BCUT2D eigenvalue weighted by Gasteiger charge is -2.02. The average Bonchev–Trinajstić information content (AvgIpc) is 2.48. The summed E-state index contributed by atoms with van der Waals surface area (Å²) in [6, 6.07) is 12.1. The molecule has 0 atom stereocenters. The average molecular weight is 318 g/mol. The zero-order valence-electron chi connectivity index (χ0n) is 11.7. The summed E-state index contributed by atoms with van der Waals surface area (Å²) in [5, 5.41) is 13.3. The number of carbonyl (C=O) groups is 1. The minimum Gasteiger partial charge on any atom is -0.507 e. The molecular weight excluding hydrogens is 304 g/mol. The molecule has 2 aromatic carbocycles. The maximum absolute atomic E-state index is 11.8. The van der Waals surface area contributed by atoms with E-state index in [1.165, 1.54) is 36.5 Å². The zero-order valence-corrected chi connectivity index (χ0v) is 12.5. The van der Waals surface area contributed by atoms with Gasteiger partial charge in [-0.25, -0.2) is 13.8 Å². The van der Waals surface area contributed by atoms with Gasteiger partial charge in [-0.2, -0.15) is 5.10 Å². The first-order valence-corrected chi connectivity index (χ1v) is 8.18. The Morgan fingerprint density at radius 1 is 1.14 bits per heavy atom. The van der Waals surface area contributed by atoms with Gasteiger partial charge in [-0.05, 0) is 36.4 Å². The van der Waals surface area contributed by atoms with Gasteiger partial charge in [-0.3, -0.25) is 4.79 Å². The SMILES string of the molecule is CS(=O)(=O)c1ccc(C(=O)N/N=C/c2ccccc2O)cc1. The summed E-state index contributed by atoms with van der Waals surface area (Å²) in [6.07, 6.45) is 2.41. The smallest absolute Gasteiger partial charge is 0.271 e. The fraction of sp³-hybridized carbons (Fsp3) is 0.0667. The summed E-state index contributed by atoms with van der Waals surface area (Å²) in [5.41, 5.74) is 3.05. The predicted molar refractivity (Wildman–Crippen MR) is 82.7 cm³/mol. The molecule has 0 aliphatic carbocycles. The van der Waals surface area contributed by atoms with Crippen molar-refractivity contribution in [2.75, 3.05) is 6.26 Å². The highest BCUT2D eigenvalue weighted by molar-refractivity contribution is 7.90. The number of amides is 1. The van der Waals surface area contributed by atoms with Crippen molar-refractivity contribution < 1.29 is 18.3 Å². The van der Waals surface area contributed by atoms with Crippen LogP contribution in [0.25, 0.3) is 0 Å². The maximum atomic E-state index is 11.8. The van der Waals surface area contributed by atoms with Crippen LogP contribution in [0.4, 0.5) is 0 Å². The van der Waals surface area contributed by atoms with E-state index in [9.17, 15) is 18.3 Å². The number of hydrogen-bond acceptors (Lipinski definition) is 5. The van der Waals surface area contributed by atoms with Crippen LogP contribution in [-0.2, 0) is 9.84 Å². The molecule has 0 saturated carbocycles. The molecule has 6 nitrogen and oxygen atoms in total. The molecule has 7 heteroatoms. The van der Waals surface area contributed by atoms with E-state index in [4.69, 9.17) is 0 Å². The van der Waals surface area contributed by atoms with E-state index in [1.54, 1.807) is 18.2 Å². The second kappa shape index (κ2) is 6.40. The van der Waals surface area contributed by atoms with Crippen molar-refractivity contribution in [2.24, 2.45) is 5.10 Å². The van der Waals surface area contributed by atoms with E-state index in [2.05, 4.69) is 10.5 Å². The largest absolute Gasteiger partial charge is 0.507 e. The molecule has 2 rings (SSSR count). The van der Waals surface area contributed by atoms with Crippen LogP contribution >= 0.6 is 0 Å². The lowest BCUT2D eigenvalue weighted by Crippen LogP contribution is -2.17. The Kier molecular flexibility index (Phi) is 4.57. The minimum atomic E-state index is -3.29. The van der Waals surface area contributed by atoms with Gasteiger partial charge in [-0.15, -0.1) is 0 Å². The Labute approximate surface area is 128 Å². The molecule has 0 saturated heterocycles. The summed E-state index contributed by atoms with van der Waals surface area (Å²) >= 11 is 0. The molecule has 0 unspecified atom stereocenters. The fourth-order valence-corrected chi connectivity index (χ4v) is 2.31. The Hall–Kier alpha value is -2.67. The quantitative estimate of drug-likeness (QED) is 0.660. The molecule has 0 heterocycles. The number of hydrogen-bond donors (Lipinski definition) is 2. The first-order chi connectivity index (χ1) is 10.4. The number of carbonyl (C=O) groups excluding carboxylic acids is 1. The van der Waals surface area contributed by atoms with E-state index in [0.29, 0.717) is 5.56 Å². The summed E-state index contributed by atoms with van der Waals surface area (Å²) in [7, 11) is -3.29. The number of benzene rings is 2. The van der Waals surface area contributed by atoms with Crippen molar-refractivity contribution in [2.45, 2.75) is 4.90 Å². The van der Waals surface area contributed by atoms with Crippen LogP contribution in [0.1, 0.15) is 15.9 Å². The second-order valence-electron chi connectivity index (χ2n) is 4.55. The van der Waals surface area contributed by atoms with Gasteiger partial charge in [0.1, 0.15) is 5.75 Å². The molecule has 1 amide bonds. The monoisotopic (exact) mass is 318 g/mol. The summed E-state index contributed by atoms with van der Waals surface area (Å²) in [5.74, 6) is -0.426. The molecular formula is C15H14N2O4S. The predicted octanol–water partition coefficient (Wildman–Crippen LogP) is 1.56. The highest BCUT2D eigenvalue weighted by Gasteiger charge is 2.09. The number of aromatic hydroxyl groups is 1. The third-order valence-corrected chi connectivity index (χ3v) is 3.98. The first kappa shape index (κ1) is 15.7. The van der Waals surface area contributed by atoms with Crippen molar-refractivity contribution in [3.05, 3.63) is 59.7 Å². The fourth-order valence-electron chi connectivity index (χ4n) is 1.68. The lowest BCUT2D eigenvalue weighted by molar-refractivity contribution is 0.0955. The number of nitrogens with zero attached hydrogens (tertiary/aromatic N) is 1. The highest BCUT2D eigenvalue weighted by atomic mass is 32.2. The van der Waals surface area contributed by atoms with Crippen molar-refractivity contribution in [1.29, 1.82) is 0 Å². The van der Waals surface area contributed by atoms with Crippen LogP contribution in [0.5, 0.6) is 5.75 Å². The number of hydrazone groups is 1. The van der Waals surface area contributed by atoms with Crippen molar-refractivity contribution >= 4 is 22.0 Å². The number of phenolic OH excluding ortho intramolecular Hbond substituents is 1. The van der Waals surface area contributed by atoms with Gasteiger partial charge in [0, 0.05) is 17.4 Å². The molecule has 0 aliphatic rings. The Bertz CT molecular complexity index is 812. The lowest BCUT2D eigenvalue weighted by atomic mass is 10.2. The van der Waals surface area contributed by atoms with E-state index < -0.39 is 15.7 Å². The third kappa shape index (κ3) is 3.92. The Morgan fingerprint density at radius 2 is 1.77 bits per heavy atom. The number of sulfone groups is 1. The topological polar surface area (TPSA) is 95.8 Å². The molecule has 0 fully saturated rings. The van der Waals surface area contributed by atoms with E-state index in [1.807, 2.05) is 0 Å². The van der Waals surface area contributed by atoms with Crippen LogP contribution < -0.4 is 5.43 Å². The van der Waals surface area contributed by atoms with E-state index >= 15 is 0 Å². The Balaban J connectivity index is 2.05. The molecule has 114 valence electrons. The molecule has 22 heavy (non-hydrogen) atoms. The summed E-state index contributed by atoms with van der Waals surface area (Å²) in [4.78, 5) is 12.0. The van der Waals surface area contributed by atoms with Crippen LogP contribution in [0.15, 0.2) is 58.5 Å². The molecule has 2 aromatic rings. The van der Waals surface area contributed by atoms with Gasteiger partial charge < -0.3 is 5.11 Å². The second-order valence-corrected chi connectivity index (χ2v) is 6.57. The van der Waals surface area contributed by atoms with Gasteiger partial charge in [0.2, 0.25) is 0 Å². The third-order valence-electron chi connectivity index (χ3n) is 2.85. The van der Waals surface area contributed by atoms with Crippen molar-refractivity contribution in [3.63, 3.8) is 0 Å². The van der Waals surface area contributed by atoms with Gasteiger partial charge in [0.25, 0.3) is 5.91 Å². The highest BCUT2D eigenvalue weighted by Crippen LogP contribution is 2.13. The molecule has 0 aliphatic heterocycles. The molecule has 0 aromatic heterocycles. The number of nitrogens with one attached hydrogen (secondary N) is 1. The number of rotatable bonds is 4. The normalized spacial score (nSPS) is 11.5. The van der Waals surface area contributed by atoms with Gasteiger partial charge in [-0.1, -0.05) is 12.1 Å². The molecule has 0 bridgehead atoms. The van der Waals surface area contributed by atoms with Gasteiger partial charge in [0.05, 0.1) is 11.1 Å². The zero-order chi connectivity index (χ0) is 16.2. The standard InChI is InChI=1S/C15H14N2O4S/c1-22(20,21)13-8-6-11(7-9-13)15(19)17-16-10-12-4-2-3-5-14(12)18/h2-10,18H,1H3,(H,17,19)/b16-10+. The van der Waals surface area contributed by atoms with Crippen LogP contribution in [0, 0.1) is 0 Å². The van der Waals surface area contributed by atoms with Crippen LogP contribution in [0.3, 0.4) is 0 Å².